The van der Waals surface area contributed by atoms with Crippen LogP contribution in [0.2, 0.25) is 0 Å². The molecule has 112 valence electrons. The van der Waals surface area contributed by atoms with E-state index in [9.17, 15) is 4.79 Å². The van der Waals surface area contributed by atoms with Crippen LogP contribution in [-0.4, -0.2) is 28.6 Å². The van der Waals surface area contributed by atoms with Gasteiger partial charge in [0.1, 0.15) is 5.01 Å². The first-order valence-electron chi connectivity index (χ1n) is 7.00. The van der Waals surface area contributed by atoms with Crippen LogP contribution in [0.5, 0.6) is 0 Å². The number of benzene rings is 1. The number of aromatic nitrogens is 1. The first kappa shape index (κ1) is 15.7. The second-order valence-corrected chi connectivity index (χ2v) is 6.03. The summed E-state index contributed by atoms with van der Waals surface area (Å²) in [4.78, 5) is 16.4. The van der Waals surface area contributed by atoms with Gasteiger partial charge < -0.3 is 10.4 Å². The van der Waals surface area contributed by atoms with Gasteiger partial charge in [-0.2, -0.15) is 0 Å². The Hall–Kier alpha value is -1.72. The van der Waals surface area contributed by atoms with E-state index >= 15 is 0 Å². The van der Waals surface area contributed by atoms with Crippen LogP contribution >= 0.6 is 11.3 Å². The lowest BCUT2D eigenvalue weighted by Gasteiger charge is -2.11. The average molecular weight is 304 g/mol. The summed E-state index contributed by atoms with van der Waals surface area (Å²) in [6.07, 6.45) is 0.843. The summed E-state index contributed by atoms with van der Waals surface area (Å²) >= 11 is 1.55. The SMILES string of the molecule is Cc1ccc(-c2nc(CC(=O)NC(C)CCO)cs2)cc1. The van der Waals surface area contributed by atoms with E-state index in [2.05, 4.69) is 29.4 Å². The molecule has 1 atom stereocenters. The van der Waals surface area contributed by atoms with E-state index in [4.69, 9.17) is 5.11 Å². The minimum absolute atomic E-state index is 0.0160. The zero-order valence-electron chi connectivity index (χ0n) is 12.3. The Balaban J connectivity index is 1.97. The summed E-state index contributed by atoms with van der Waals surface area (Å²) in [6.45, 7) is 4.01. The fourth-order valence-electron chi connectivity index (χ4n) is 1.97. The van der Waals surface area contributed by atoms with Crippen molar-refractivity contribution in [3.05, 3.63) is 40.9 Å². The van der Waals surface area contributed by atoms with Crippen molar-refractivity contribution in [1.29, 1.82) is 0 Å². The highest BCUT2D eigenvalue weighted by Crippen LogP contribution is 2.24. The van der Waals surface area contributed by atoms with Gasteiger partial charge in [-0.15, -0.1) is 11.3 Å². The Kier molecular flexibility index (Phi) is 5.47. The maximum absolute atomic E-state index is 11.9. The van der Waals surface area contributed by atoms with Crippen molar-refractivity contribution < 1.29 is 9.90 Å². The molecule has 0 spiro atoms. The largest absolute Gasteiger partial charge is 0.396 e. The molecule has 21 heavy (non-hydrogen) atoms. The van der Waals surface area contributed by atoms with Crippen molar-refractivity contribution in [2.24, 2.45) is 0 Å². The Morgan fingerprint density at radius 2 is 2.10 bits per heavy atom. The van der Waals surface area contributed by atoms with Gasteiger partial charge in [0.25, 0.3) is 0 Å². The maximum Gasteiger partial charge on any atom is 0.226 e. The number of aliphatic hydroxyl groups is 1. The summed E-state index contributed by atoms with van der Waals surface area (Å²) in [5, 5.41) is 14.5. The van der Waals surface area contributed by atoms with E-state index in [1.807, 2.05) is 24.4 Å². The molecule has 2 N–H and O–H groups in total. The van der Waals surface area contributed by atoms with Crippen LogP contribution in [0, 0.1) is 6.92 Å². The predicted molar refractivity (Wildman–Crippen MR) is 85.3 cm³/mol. The molecule has 0 radical (unpaired) electrons. The number of amides is 1. The third-order valence-electron chi connectivity index (χ3n) is 3.16. The van der Waals surface area contributed by atoms with Crippen LogP contribution < -0.4 is 5.32 Å². The van der Waals surface area contributed by atoms with Gasteiger partial charge in [0.15, 0.2) is 0 Å². The molecule has 0 saturated carbocycles. The summed E-state index contributed by atoms with van der Waals surface area (Å²) < 4.78 is 0. The van der Waals surface area contributed by atoms with E-state index in [-0.39, 0.29) is 25.0 Å². The van der Waals surface area contributed by atoms with Crippen molar-refractivity contribution >= 4 is 17.2 Å². The Morgan fingerprint density at radius 1 is 1.38 bits per heavy atom. The van der Waals surface area contributed by atoms with Crippen LogP contribution in [-0.2, 0) is 11.2 Å². The molecule has 1 aromatic carbocycles. The fourth-order valence-corrected chi connectivity index (χ4v) is 2.80. The van der Waals surface area contributed by atoms with Gasteiger partial charge in [-0.05, 0) is 20.3 Å². The lowest BCUT2D eigenvalue weighted by molar-refractivity contribution is -0.121. The normalized spacial score (nSPS) is 12.1. The average Bonchev–Trinajstić information content (AvgIpc) is 2.88. The lowest BCUT2D eigenvalue weighted by Crippen LogP contribution is -2.34. The molecule has 0 aliphatic heterocycles. The predicted octanol–water partition coefficient (Wildman–Crippen LogP) is 2.55. The van der Waals surface area contributed by atoms with Gasteiger partial charge >= 0.3 is 0 Å². The molecule has 1 amide bonds. The van der Waals surface area contributed by atoms with E-state index in [1.165, 1.54) is 5.56 Å². The van der Waals surface area contributed by atoms with Crippen LogP contribution in [0.1, 0.15) is 24.6 Å². The zero-order valence-corrected chi connectivity index (χ0v) is 13.1. The fraction of sp³-hybridized carbons (Fsp3) is 0.375. The standard InChI is InChI=1S/C16H20N2O2S/c1-11-3-5-13(6-4-11)16-18-14(10-21-16)9-15(20)17-12(2)7-8-19/h3-6,10,12,19H,7-9H2,1-2H3,(H,17,20). The summed E-state index contributed by atoms with van der Waals surface area (Å²) in [6, 6.07) is 8.18. The second-order valence-electron chi connectivity index (χ2n) is 5.17. The minimum atomic E-state index is -0.0586. The van der Waals surface area contributed by atoms with E-state index < -0.39 is 0 Å². The number of carbonyl (C=O) groups is 1. The highest BCUT2D eigenvalue weighted by Gasteiger charge is 2.11. The summed E-state index contributed by atoms with van der Waals surface area (Å²) in [7, 11) is 0. The van der Waals surface area contributed by atoms with Crippen molar-refractivity contribution in [3.63, 3.8) is 0 Å². The molecule has 5 heteroatoms. The van der Waals surface area contributed by atoms with Crippen molar-refractivity contribution in [2.45, 2.75) is 32.7 Å². The molecule has 0 fully saturated rings. The lowest BCUT2D eigenvalue weighted by atomic mass is 10.2. The molecule has 4 nitrogen and oxygen atoms in total. The third kappa shape index (κ3) is 4.65. The number of thiazole rings is 1. The maximum atomic E-state index is 11.9. The number of nitrogens with zero attached hydrogens (tertiary/aromatic N) is 1. The van der Waals surface area contributed by atoms with E-state index in [1.54, 1.807) is 11.3 Å². The van der Waals surface area contributed by atoms with Crippen LogP contribution in [0.25, 0.3) is 10.6 Å². The molecule has 1 unspecified atom stereocenters. The number of carbonyl (C=O) groups excluding carboxylic acids is 1. The monoisotopic (exact) mass is 304 g/mol. The van der Waals surface area contributed by atoms with Gasteiger partial charge in [0.05, 0.1) is 12.1 Å². The first-order chi connectivity index (χ1) is 10.1. The third-order valence-corrected chi connectivity index (χ3v) is 4.10. The molecule has 0 aliphatic carbocycles. The molecule has 1 heterocycles. The van der Waals surface area contributed by atoms with Crippen molar-refractivity contribution in [2.75, 3.05) is 6.61 Å². The Morgan fingerprint density at radius 3 is 2.76 bits per heavy atom. The molecule has 2 aromatic rings. The first-order valence-corrected chi connectivity index (χ1v) is 7.88. The van der Waals surface area contributed by atoms with Crippen molar-refractivity contribution in [1.82, 2.24) is 10.3 Å². The number of aryl methyl sites for hydroxylation is 1. The van der Waals surface area contributed by atoms with Crippen LogP contribution in [0.3, 0.4) is 0 Å². The van der Waals surface area contributed by atoms with Gasteiger partial charge in [-0.25, -0.2) is 4.98 Å². The van der Waals surface area contributed by atoms with Crippen molar-refractivity contribution in [3.8, 4) is 10.6 Å². The molecular weight excluding hydrogens is 284 g/mol. The second kappa shape index (κ2) is 7.33. The highest BCUT2D eigenvalue weighted by molar-refractivity contribution is 7.13. The number of nitrogens with one attached hydrogen (secondary N) is 1. The number of hydrogen-bond acceptors (Lipinski definition) is 4. The number of aliphatic hydroxyl groups excluding tert-OH is 1. The van der Waals surface area contributed by atoms with Gasteiger partial charge in [-0.1, -0.05) is 29.8 Å². The number of hydrogen-bond donors (Lipinski definition) is 2. The molecule has 0 saturated heterocycles. The minimum Gasteiger partial charge on any atom is -0.396 e. The zero-order chi connectivity index (χ0) is 15.2. The summed E-state index contributed by atoms with van der Waals surface area (Å²) in [5.41, 5.74) is 3.07. The van der Waals surface area contributed by atoms with Gasteiger partial charge in [0, 0.05) is 23.6 Å². The molecule has 0 bridgehead atoms. The molecule has 2 rings (SSSR count). The molecule has 0 aliphatic rings. The van der Waals surface area contributed by atoms with E-state index in [0.717, 1.165) is 16.3 Å². The van der Waals surface area contributed by atoms with Crippen LogP contribution in [0.15, 0.2) is 29.6 Å². The van der Waals surface area contributed by atoms with Crippen LogP contribution in [0.4, 0.5) is 0 Å². The highest BCUT2D eigenvalue weighted by atomic mass is 32.1. The Labute approximate surface area is 128 Å². The summed E-state index contributed by atoms with van der Waals surface area (Å²) in [5.74, 6) is -0.0586. The van der Waals surface area contributed by atoms with E-state index in [0.29, 0.717) is 6.42 Å². The molecular formula is C16H20N2O2S. The van der Waals surface area contributed by atoms with Gasteiger partial charge in [-0.3, -0.25) is 4.79 Å². The van der Waals surface area contributed by atoms with Gasteiger partial charge in [0.2, 0.25) is 5.91 Å². The molecule has 1 aromatic heterocycles. The topological polar surface area (TPSA) is 62.2 Å². The number of rotatable bonds is 6. The Bertz CT molecular complexity index is 593. The quantitative estimate of drug-likeness (QED) is 0.862. The smallest absolute Gasteiger partial charge is 0.226 e.